The molecular formula is C11H17N3O2. The molecule has 0 bridgehead atoms. The van der Waals surface area contributed by atoms with Crippen molar-refractivity contribution in [1.29, 1.82) is 0 Å². The van der Waals surface area contributed by atoms with Crippen molar-refractivity contribution in [3.05, 3.63) is 29.6 Å². The predicted octanol–water partition coefficient (Wildman–Crippen LogP) is 0.931. The lowest BCUT2D eigenvalue weighted by molar-refractivity contribution is -0.132. The molecule has 0 aliphatic heterocycles. The molecule has 0 spiro atoms. The molecule has 1 aromatic rings. The summed E-state index contributed by atoms with van der Waals surface area (Å²) >= 11 is 0. The van der Waals surface area contributed by atoms with Crippen LogP contribution in [0, 0.1) is 0 Å². The highest BCUT2D eigenvalue weighted by atomic mass is 16.4. The van der Waals surface area contributed by atoms with E-state index in [1.54, 1.807) is 17.0 Å². The molecule has 5 nitrogen and oxygen atoms in total. The van der Waals surface area contributed by atoms with Crippen LogP contribution in [0.15, 0.2) is 24.0 Å². The monoisotopic (exact) mass is 223 g/mol. The normalized spacial score (nSPS) is 11.8. The lowest BCUT2D eigenvalue weighted by Crippen LogP contribution is -2.14. The Hall–Kier alpha value is -1.62. The SMILES string of the molecule is CCC(=CCNCc1cnn(C)c1)C(=O)O. The average molecular weight is 223 g/mol. The summed E-state index contributed by atoms with van der Waals surface area (Å²) < 4.78 is 1.74. The van der Waals surface area contributed by atoms with Gasteiger partial charge in [-0.25, -0.2) is 4.79 Å². The van der Waals surface area contributed by atoms with Gasteiger partial charge in [-0.05, 0) is 6.42 Å². The fourth-order valence-corrected chi connectivity index (χ4v) is 1.36. The van der Waals surface area contributed by atoms with Gasteiger partial charge in [0.25, 0.3) is 0 Å². The van der Waals surface area contributed by atoms with E-state index >= 15 is 0 Å². The molecule has 0 amide bonds. The van der Waals surface area contributed by atoms with E-state index in [1.165, 1.54) is 0 Å². The van der Waals surface area contributed by atoms with E-state index in [2.05, 4.69) is 10.4 Å². The van der Waals surface area contributed by atoms with Gasteiger partial charge in [-0.2, -0.15) is 5.10 Å². The van der Waals surface area contributed by atoms with Gasteiger partial charge in [-0.15, -0.1) is 0 Å². The molecule has 0 aliphatic rings. The van der Waals surface area contributed by atoms with Crippen LogP contribution in [0.4, 0.5) is 0 Å². The van der Waals surface area contributed by atoms with Gasteiger partial charge >= 0.3 is 5.97 Å². The molecular weight excluding hydrogens is 206 g/mol. The first-order chi connectivity index (χ1) is 7.63. The molecule has 0 unspecified atom stereocenters. The maximum atomic E-state index is 10.7. The summed E-state index contributed by atoms with van der Waals surface area (Å²) in [4.78, 5) is 10.7. The van der Waals surface area contributed by atoms with Gasteiger partial charge < -0.3 is 10.4 Å². The highest BCUT2D eigenvalue weighted by Crippen LogP contribution is 1.99. The van der Waals surface area contributed by atoms with Crippen LogP contribution in [0.2, 0.25) is 0 Å². The number of hydrogen-bond donors (Lipinski definition) is 2. The number of hydrogen-bond acceptors (Lipinski definition) is 3. The zero-order valence-electron chi connectivity index (χ0n) is 9.60. The van der Waals surface area contributed by atoms with E-state index < -0.39 is 5.97 Å². The molecule has 0 saturated heterocycles. The third-order valence-corrected chi connectivity index (χ3v) is 2.24. The van der Waals surface area contributed by atoms with Crippen molar-refractivity contribution >= 4 is 5.97 Å². The fraction of sp³-hybridized carbons (Fsp3) is 0.455. The Bertz CT molecular complexity index is 382. The number of rotatable bonds is 6. The van der Waals surface area contributed by atoms with E-state index in [4.69, 9.17) is 5.11 Å². The molecule has 0 aromatic carbocycles. The van der Waals surface area contributed by atoms with Crippen LogP contribution in [0.1, 0.15) is 18.9 Å². The van der Waals surface area contributed by atoms with Crippen LogP contribution in [0.3, 0.4) is 0 Å². The van der Waals surface area contributed by atoms with Crippen LogP contribution in [0.25, 0.3) is 0 Å². The van der Waals surface area contributed by atoms with Gasteiger partial charge in [0.05, 0.1) is 6.20 Å². The van der Waals surface area contributed by atoms with Crippen LogP contribution in [0.5, 0.6) is 0 Å². The molecule has 88 valence electrons. The Morgan fingerprint density at radius 3 is 2.94 bits per heavy atom. The van der Waals surface area contributed by atoms with Gasteiger partial charge in [0.2, 0.25) is 0 Å². The van der Waals surface area contributed by atoms with Gasteiger partial charge in [0.15, 0.2) is 0 Å². The Morgan fingerprint density at radius 1 is 1.69 bits per heavy atom. The van der Waals surface area contributed by atoms with Crippen molar-refractivity contribution in [1.82, 2.24) is 15.1 Å². The molecule has 0 radical (unpaired) electrons. The molecule has 0 atom stereocenters. The van der Waals surface area contributed by atoms with Gasteiger partial charge in [-0.3, -0.25) is 4.68 Å². The van der Waals surface area contributed by atoms with Crippen LogP contribution >= 0.6 is 0 Å². The van der Waals surface area contributed by atoms with Gasteiger partial charge in [0.1, 0.15) is 0 Å². The molecule has 0 saturated carbocycles. The van der Waals surface area contributed by atoms with Crippen molar-refractivity contribution < 1.29 is 9.90 Å². The van der Waals surface area contributed by atoms with Crippen LogP contribution in [-0.2, 0) is 18.4 Å². The first-order valence-corrected chi connectivity index (χ1v) is 5.24. The summed E-state index contributed by atoms with van der Waals surface area (Å²) in [5, 5.41) is 16.0. The Kier molecular flexibility index (Phi) is 4.72. The molecule has 5 heteroatoms. The summed E-state index contributed by atoms with van der Waals surface area (Å²) in [5.41, 5.74) is 1.53. The van der Waals surface area contributed by atoms with Gasteiger partial charge in [0, 0.05) is 37.5 Å². The van der Waals surface area contributed by atoms with Crippen LogP contribution < -0.4 is 5.32 Å². The molecule has 1 aromatic heterocycles. The molecule has 1 heterocycles. The minimum atomic E-state index is -0.842. The summed E-state index contributed by atoms with van der Waals surface area (Å²) in [6.07, 6.45) is 5.96. The topological polar surface area (TPSA) is 67.2 Å². The Morgan fingerprint density at radius 2 is 2.44 bits per heavy atom. The number of carbonyl (C=O) groups is 1. The fourth-order valence-electron chi connectivity index (χ4n) is 1.36. The number of aliphatic carboxylic acids is 1. The van der Waals surface area contributed by atoms with E-state index in [-0.39, 0.29) is 0 Å². The smallest absolute Gasteiger partial charge is 0.331 e. The van der Waals surface area contributed by atoms with E-state index in [9.17, 15) is 4.79 Å². The number of carboxylic acids is 1. The molecule has 16 heavy (non-hydrogen) atoms. The van der Waals surface area contributed by atoms with Crippen molar-refractivity contribution in [3.8, 4) is 0 Å². The lowest BCUT2D eigenvalue weighted by atomic mass is 10.2. The molecule has 1 rings (SSSR count). The van der Waals surface area contributed by atoms with Crippen molar-refractivity contribution in [3.63, 3.8) is 0 Å². The second kappa shape index (κ2) is 6.07. The second-order valence-electron chi connectivity index (χ2n) is 3.54. The molecule has 0 aliphatic carbocycles. The van der Waals surface area contributed by atoms with Crippen molar-refractivity contribution in [2.45, 2.75) is 19.9 Å². The summed E-state index contributed by atoms with van der Waals surface area (Å²) in [7, 11) is 1.86. The first kappa shape index (κ1) is 12.4. The molecule has 0 fully saturated rings. The van der Waals surface area contributed by atoms with Crippen molar-refractivity contribution in [2.75, 3.05) is 6.54 Å². The van der Waals surface area contributed by atoms with E-state index in [0.717, 1.165) is 5.56 Å². The Labute approximate surface area is 94.8 Å². The van der Waals surface area contributed by atoms with Crippen molar-refractivity contribution in [2.24, 2.45) is 7.05 Å². The van der Waals surface area contributed by atoms with Crippen LogP contribution in [-0.4, -0.2) is 27.4 Å². The number of carboxylic acid groups (broad SMARTS) is 1. The van der Waals surface area contributed by atoms with Gasteiger partial charge in [-0.1, -0.05) is 13.0 Å². The first-order valence-electron chi connectivity index (χ1n) is 5.24. The predicted molar refractivity (Wildman–Crippen MR) is 60.9 cm³/mol. The Balaban J connectivity index is 2.33. The minimum absolute atomic E-state index is 0.443. The summed E-state index contributed by atoms with van der Waals surface area (Å²) in [6.45, 7) is 3.09. The van der Waals surface area contributed by atoms with E-state index in [0.29, 0.717) is 25.1 Å². The number of aryl methyl sites for hydroxylation is 1. The number of nitrogens with one attached hydrogen (secondary N) is 1. The molecule has 2 N–H and O–H groups in total. The zero-order valence-corrected chi connectivity index (χ0v) is 9.60. The largest absolute Gasteiger partial charge is 0.478 e. The third kappa shape index (κ3) is 3.86. The standard InChI is InChI=1S/C11H17N3O2/c1-3-10(11(15)16)4-5-12-6-9-7-13-14(2)8-9/h4,7-8,12H,3,5-6H2,1-2H3,(H,15,16). The quantitative estimate of drug-likeness (QED) is 0.556. The van der Waals surface area contributed by atoms with E-state index in [1.807, 2.05) is 20.2 Å². The number of aromatic nitrogens is 2. The minimum Gasteiger partial charge on any atom is -0.478 e. The third-order valence-electron chi connectivity index (χ3n) is 2.24. The lowest BCUT2D eigenvalue weighted by Gasteiger charge is -2.00. The number of nitrogens with zero attached hydrogens (tertiary/aromatic N) is 2. The maximum Gasteiger partial charge on any atom is 0.331 e. The second-order valence-corrected chi connectivity index (χ2v) is 3.54. The highest BCUT2D eigenvalue weighted by molar-refractivity contribution is 5.86. The summed E-state index contributed by atoms with van der Waals surface area (Å²) in [5.74, 6) is -0.842. The summed E-state index contributed by atoms with van der Waals surface area (Å²) in [6, 6.07) is 0. The average Bonchev–Trinajstić information content (AvgIpc) is 2.64. The zero-order chi connectivity index (χ0) is 12.0. The highest BCUT2D eigenvalue weighted by Gasteiger charge is 2.02. The maximum absolute atomic E-state index is 10.7.